The fourth-order valence-electron chi connectivity index (χ4n) is 2.07. The molecule has 2 rings (SSSR count). The molecule has 0 bridgehead atoms. The first-order chi connectivity index (χ1) is 11.1. The van der Waals surface area contributed by atoms with E-state index in [0.29, 0.717) is 15.7 Å². The zero-order valence-corrected chi connectivity index (χ0v) is 15.3. The van der Waals surface area contributed by atoms with Crippen LogP contribution in [0.4, 0.5) is 5.69 Å². The predicted molar refractivity (Wildman–Crippen MR) is 95.5 cm³/mol. The third-order valence-electron chi connectivity index (χ3n) is 3.14. The van der Waals surface area contributed by atoms with E-state index in [2.05, 4.69) is 22.4 Å². The summed E-state index contributed by atoms with van der Waals surface area (Å²) in [5.74, 6) is 1.02. The lowest BCUT2D eigenvalue weighted by Crippen LogP contribution is -2.15. The number of anilines is 1. The van der Waals surface area contributed by atoms with E-state index in [1.165, 1.54) is 11.8 Å². The Balaban J connectivity index is 1.98. The van der Waals surface area contributed by atoms with Gasteiger partial charge in [0.2, 0.25) is 5.91 Å². The van der Waals surface area contributed by atoms with E-state index < -0.39 is 0 Å². The van der Waals surface area contributed by atoms with Crippen LogP contribution in [0, 0.1) is 0 Å². The van der Waals surface area contributed by atoms with Crippen LogP contribution in [-0.2, 0) is 17.8 Å². The van der Waals surface area contributed by atoms with Crippen molar-refractivity contribution in [3.05, 3.63) is 34.1 Å². The van der Waals surface area contributed by atoms with Gasteiger partial charge in [-0.3, -0.25) is 4.79 Å². The van der Waals surface area contributed by atoms with Gasteiger partial charge in [0.1, 0.15) is 5.82 Å². The molecule has 1 N–H and O–H groups in total. The number of aryl methyl sites for hydroxylation is 1. The summed E-state index contributed by atoms with van der Waals surface area (Å²) < 4.78 is 2.04. The second kappa shape index (κ2) is 8.57. The number of thioether (sulfide) groups is 1. The van der Waals surface area contributed by atoms with Crippen molar-refractivity contribution in [3.8, 4) is 0 Å². The standard InChI is InChI=1S/C15H18Cl2N4OS/c1-3-6-12-19-20-15(21(12)4-2)23-9-13(22)18-11-8-5-7-10(16)14(11)17/h5,7-8H,3-4,6,9H2,1-2H3,(H,18,22). The molecule has 0 aliphatic rings. The molecule has 1 aromatic carbocycles. The fraction of sp³-hybridized carbons (Fsp3) is 0.400. The summed E-state index contributed by atoms with van der Waals surface area (Å²) in [7, 11) is 0. The Bertz CT molecular complexity index is 690. The van der Waals surface area contributed by atoms with Crippen molar-refractivity contribution in [2.24, 2.45) is 0 Å². The number of halogens is 2. The molecule has 23 heavy (non-hydrogen) atoms. The third kappa shape index (κ3) is 4.62. The van der Waals surface area contributed by atoms with E-state index in [1.54, 1.807) is 18.2 Å². The smallest absolute Gasteiger partial charge is 0.234 e. The SMILES string of the molecule is CCCc1nnc(SCC(=O)Nc2cccc(Cl)c2Cl)n1CC. The molecule has 0 saturated heterocycles. The highest BCUT2D eigenvalue weighted by molar-refractivity contribution is 7.99. The van der Waals surface area contributed by atoms with Gasteiger partial charge in [-0.05, 0) is 25.5 Å². The van der Waals surface area contributed by atoms with Crippen LogP contribution in [0.2, 0.25) is 10.0 Å². The molecule has 0 unspecified atom stereocenters. The first-order valence-electron chi connectivity index (χ1n) is 7.35. The van der Waals surface area contributed by atoms with Gasteiger partial charge in [-0.2, -0.15) is 0 Å². The Kier molecular flexibility index (Phi) is 6.74. The summed E-state index contributed by atoms with van der Waals surface area (Å²) in [5.41, 5.74) is 0.508. The first-order valence-corrected chi connectivity index (χ1v) is 9.09. The first kappa shape index (κ1) is 18.1. The van der Waals surface area contributed by atoms with Crippen molar-refractivity contribution in [1.29, 1.82) is 0 Å². The summed E-state index contributed by atoms with van der Waals surface area (Å²) >= 11 is 13.3. The highest BCUT2D eigenvalue weighted by atomic mass is 35.5. The highest BCUT2D eigenvalue weighted by Gasteiger charge is 2.13. The molecule has 1 heterocycles. The molecule has 0 atom stereocenters. The van der Waals surface area contributed by atoms with Crippen LogP contribution in [0.3, 0.4) is 0 Å². The summed E-state index contributed by atoms with van der Waals surface area (Å²) in [6.07, 6.45) is 1.89. The second-order valence-corrected chi connectivity index (χ2v) is 6.56. The quantitative estimate of drug-likeness (QED) is 0.736. The molecule has 0 radical (unpaired) electrons. The molecule has 5 nitrogen and oxygen atoms in total. The average molecular weight is 373 g/mol. The van der Waals surface area contributed by atoms with Gasteiger partial charge in [-0.25, -0.2) is 0 Å². The molecule has 2 aromatic rings. The lowest BCUT2D eigenvalue weighted by molar-refractivity contribution is -0.113. The number of rotatable bonds is 7. The molecular formula is C15H18Cl2N4OS. The van der Waals surface area contributed by atoms with Crippen molar-refractivity contribution < 1.29 is 4.79 Å². The normalized spacial score (nSPS) is 10.8. The fourth-order valence-corrected chi connectivity index (χ4v) is 3.24. The Morgan fingerprint density at radius 2 is 2.09 bits per heavy atom. The van der Waals surface area contributed by atoms with E-state index in [9.17, 15) is 4.79 Å². The molecule has 124 valence electrons. The average Bonchev–Trinajstić information content (AvgIpc) is 2.92. The van der Waals surface area contributed by atoms with Crippen molar-refractivity contribution in [2.75, 3.05) is 11.1 Å². The van der Waals surface area contributed by atoms with Gasteiger partial charge in [-0.15, -0.1) is 10.2 Å². The minimum atomic E-state index is -0.165. The monoisotopic (exact) mass is 372 g/mol. The number of amides is 1. The number of hydrogen-bond donors (Lipinski definition) is 1. The van der Waals surface area contributed by atoms with E-state index >= 15 is 0 Å². The largest absolute Gasteiger partial charge is 0.324 e. The van der Waals surface area contributed by atoms with Gasteiger partial charge >= 0.3 is 0 Å². The van der Waals surface area contributed by atoms with Crippen molar-refractivity contribution in [3.63, 3.8) is 0 Å². The van der Waals surface area contributed by atoms with Crippen LogP contribution >= 0.6 is 35.0 Å². The molecule has 0 spiro atoms. The molecule has 0 aliphatic carbocycles. The molecule has 8 heteroatoms. The third-order valence-corrected chi connectivity index (χ3v) is 4.93. The van der Waals surface area contributed by atoms with Crippen LogP contribution < -0.4 is 5.32 Å². The topological polar surface area (TPSA) is 59.8 Å². The maximum absolute atomic E-state index is 12.1. The summed E-state index contributed by atoms with van der Waals surface area (Å²) in [6.45, 7) is 4.93. The minimum absolute atomic E-state index is 0.165. The molecule has 0 fully saturated rings. The lowest BCUT2D eigenvalue weighted by atomic mass is 10.3. The van der Waals surface area contributed by atoms with Crippen LogP contribution in [0.15, 0.2) is 23.4 Å². The molecular weight excluding hydrogens is 355 g/mol. The number of benzene rings is 1. The second-order valence-electron chi connectivity index (χ2n) is 4.83. The number of carbonyl (C=O) groups excluding carboxylic acids is 1. The highest BCUT2D eigenvalue weighted by Crippen LogP contribution is 2.29. The maximum Gasteiger partial charge on any atom is 0.234 e. The summed E-state index contributed by atoms with van der Waals surface area (Å²) in [5, 5.41) is 12.6. The van der Waals surface area contributed by atoms with E-state index in [1.807, 2.05) is 11.5 Å². The number of hydrogen-bond acceptors (Lipinski definition) is 4. The van der Waals surface area contributed by atoms with Gasteiger partial charge in [0.15, 0.2) is 5.16 Å². The summed E-state index contributed by atoms with van der Waals surface area (Å²) in [4.78, 5) is 12.1. The van der Waals surface area contributed by atoms with E-state index in [-0.39, 0.29) is 11.7 Å². The van der Waals surface area contributed by atoms with Gasteiger partial charge < -0.3 is 9.88 Å². The summed E-state index contributed by atoms with van der Waals surface area (Å²) in [6, 6.07) is 5.12. The van der Waals surface area contributed by atoms with Crippen LogP contribution in [0.5, 0.6) is 0 Å². The van der Waals surface area contributed by atoms with Gasteiger partial charge in [0, 0.05) is 13.0 Å². The van der Waals surface area contributed by atoms with E-state index in [0.717, 1.165) is 30.4 Å². The van der Waals surface area contributed by atoms with Gasteiger partial charge in [-0.1, -0.05) is 48.0 Å². The molecule has 0 aliphatic heterocycles. The Morgan fingerprint density at radius 1 is 1.30 bits per heavy atom. The zero-order chi connectivity index (χ0) is 16.8. The Hall–Kier alpha value is -1.24. The maximum atomic E-state index is 12.1. The van der Waals surface area contributed by atoms with Crippen LogP contribution in [0.25, 0.3) is 0 Å². The number of nitrogens with one attached hydrogen (secondary N) is 1. The number of nitrogens with zero attached hydrogens (tertiary/aromatic N) is 3. The number of aromatic nitrogens is 3. The van der Waals surface area contributed by atoms with Crippen molar-refractivity contribution in [1.82, 2.24) is 14.8 Å². The van der Waals surface area contributed by atoms with Crippen LogP contribution in [-0.4, -0.2) is 26.4 Å². The Morgan fingerprint density at radius 3 is 2.78 bits per heavy atom. The van der Waals surface area contributed by atoms with Crippen LogP contribution in [0.1, 0.15) is 26.1 Å². The minimum Gasteiger partial charge on any atom is -0.324 e. The van der Waals surface area contributed by atoms with Crippen molar-refractivity contribution in [2.45, 2.75) is 38.4 Å². The van der Waals surface area contributed by atoms with Gasteiger partial charge in [0.25, 0.3) is 0 Å². The van der Waals surface area contributed by atoms with Gasteiger partial charge in [0.05, 0.1) is 21.5 Å². The lowest BCUT2D eigenvalue weighted by Gasteiger charge is -2.09. The van der Waals surface area contributed by atoms with Crippen molar-refractivity contribution >= 4 is 46.6 Å². The molecule has 1 aromatic heterocycles. The Labute approximate surface area is 149 Å². The number of carbonyl (C=O) groups is 1. The predicted octanol–water partition coefficient (Wildman–Crippen LogP) is 4.29. The molecule has 1 amide bonds. The zero-order valence-electron chi connectivity index (χ0n) is 13.0. The van der Waals surface area contributed by atoms with E-state index in [4.69, 9.17) is 23.2 Å². The molecule has 0 saturated carbocycles.